The van der Waals surface area contributed by atoms with Crippen LogP contribution in [0.15, 0.2) is 23.1 Å². The van der Waals surface area contributed by atoms with Gasteiger partial charge in [-0.3, -0.25) is 4.79 Å². The van der Waals surface area contributed by atoms with Crippen LogP contribution in [0.25, 0.3) is 0 Å². The number of nitrogens with one attached hydrogen (secondary N) is 1. The van der Waals surface area contributed by atoms with Gasteiger partial charge in [0.25, 0.3) is 0 Å². The molecule has 0 bridgehead atoms. The highest BCUT2D eigenvalue weighted by Crippen LogP contribution is 2.23. The quantitative estimate of drug-likeness (QED) is 0.730. The summed E-state index contributed by atoms with van der Waals surface area (Å²) in [7, 11) is 0. The summed E-state index contributed by atoms with van der Waals surface area (Å²) in [5.74, 6) is -0.0185. The second-order valence-electron chi connectivity index (χ2n) is 2.57. The Hall–Kier alpha value is -0.670. The van der Waals surface area contributed by atoms with Crippen LogP contribution in [0.2, 0.25) is 5.02 Å². The standard InChI is InChI=1S/C9H10ClNOS/c1-2-9(12)11-6-3-4-7(10)8(13)5-6/h3-5,13H,2H2,1H3,(H,11,12). The van der Waals surface area contributed by atoms with Gasteiger partial charge in [-0.2, -0.15) is 0 Å². The Morgan fingerprint density at radius 1 is 1.62 bits per heavy atom. The molecule has 0 spiro atoms. The molecule has 0 aliphatic heterocycles. The molecule has 0 atom stereocenters. The zero-order chi connectivity index (χ0) is 9.84. The first-order chi connectivity index (χ1) is 6.13. The van der Waals surface area contributed by atoms with Crippen LogP contribution in [-0.2, 0) is 4.79 Å². The van der Waals surface area contributed by atoms with E-state index in [0.717, 1.165) is 5.69 Å². The lowest BCUT2D eigenvalue weighted by molar-refractivity contribution is -0.115. The second kappa shape index (κ2) is 4.53. The molecule has 1 amide bonds. The number of hydrogen-bond donors (Lipinski definition) is 2. The van der Waals surface area contributed by atoms with Crippen molar-refractivity contribution < 1.29 is 4.79 Å². The summed E-state index contributed by atoms with van der Waals surface area (Å²) >= 11 is 9.90. The Morgan fingerprint density at radius 3 is 2.85 bits per heavy atom. The molecule has 1 aromatic carbocycles. The summed E-state index contributed by atoms with van der Waals surface area (Å²) in [5.41, 5.74) is 0.723. The zero-order valence-corrected chi connectivity index (χ0v) is 8.82. The van der Waals surface area contributed by atoms with Gasteiger partial charge in [0.05, 0.1) is 5.02 Å². The van der Waals surface area contributed by atoms with Crippen LogP contribution in [0.1, 0.15) is 13.3 Å². The SMILES string of the molecule is CCC(=O)Nc1ccc(Cl)c(S)c1. The molecule has 0 aromatic heterocycles. The van der Waals surface area contributed by atoms with E-state index in [1.54, 1.807) is 25.1 Å². The van der Waals surface area contributed by atoms with Gasteiger partial charge in [-0.05, 0) is 18.2 Å². The van der Waals surface area contributed by atoms with Crippen molar-refractivity contribution in [2.75, 3.05) is 5.32 Å². The van der Waals surface area contributed by atoms with Gasteiger partial charge in [0.1, 0.15) is 0 Å². The molecule has 1 N–H and O–H groups in total. The van der Waals surface area contributed by atoms with Crippen LogP contribution in [0.5, 0.6) is 0 Å². The number of anilines is 1. The average Bonchev–Trinajstić information content (AvgIpc) is 2.11. The van der Waals surface area contributed by atoms with Crippen LogP contribution < -0.4 is 5.32 Å². The molecule has 4 heteroatoms. The third-order valence-corrected chi connectivity index (χ3v) is 2.38. The average molecular weight is 216 g/mol. The molecule has 0 aliphatic carbocycles. The lowest BCUT2D eigenvalue weighted by Crippen LogP contribution is -2.09. The lowest BCUT2D eigenvalue weighted by atomic mass is 10.3. The zero-order valence-electron chi connectivity index (χ0n) is 7.17. The molecular weight excluding hydrogens is 206 g/mol. The van der Waals surface area contributed by atoms with Crippen molar-refractivity contribution in [2.45, 2.75) is 18.2 Å². The monoisotopic (exact) mass is 215 g/mol. The third-order valence-electron chi connectivity index (χ3n) is 1.55. The Labute approximate surface area is 87.7 Å². The normalized spacial score (nSPS) is 9.77. The summed E-state index contributed by atoms with van der Waals surface area (Å²) < 4.78 is 0. The molecule has 0 aliphatic rings. The maximum atomic E-state index is 11.0. The fourth-order valence-electron chi connectivity index (χ4n) is 0.840. The first-order valence-electron chi connectivity index (χ1n) is 3.92. The molecule has 13 heavy (non-hydrogen) atoms. The second-order valence-corrected chi connectivity index (χ2v) is 3.46. The molecule has 0 fully saturated rings. The molecule has 0 heterocycles. The number of benzene rings is 1. The molecule has 1 rings (SSSR count). The highest BCUT2D eigenvalue weighted by molar-refractivity contribution is 7.80. The summed E-state index contributed by atoms with van der Waals surface area (Å²) in [6, 6.07) is 5.17. The van der Waals surface area contributed by atoms with Crippen LogP contribution in [0.3, 0.4) is 0 Å². The molecular formula is C9H10ClNOS. The Bertz CT molecular complexity index is 327. The smallest absolute Gasteiger partial charge is 0.224 e. The van der Waals surface area contributed by atoms with Gasteiger partial charge in [-0.25, -0.2) is 0 Å². The van der Waals surface area contributed by atoms with Crippen LogP contribution >= 0.6 is 24.2 Å². The predicted molar refractivity (Wildman–Crippen MR) is 57.6 cm³/mol. The molecule has 70 valence electrons. The van der Waals surface area contributed by atoms with Crippen molar-refractivity contribution in [1.82, 2.24) is 0 Å². The lowest BCUT2D eigenvalue weighted by Gasteiger charge is -2.04. The van der Waals surface area contributed by atoms with Crippen molar-refractivity contribution in [3.05, 3.63) is 23.2 Å². The van der Waals surface area contributed by atoms with Gasteiger partial charge in [0, 0.05) is 17.0 Å². The van der Waals surface area contributed by atoms with E-state index in [-0.39, 0.29) is 5.91 Å². The number of amides is 1. The van der Waals surface area contributed by atoms with E-state index in [1.165, 1.54) is 0 Å². The van der Waals surface area contributed by atoms with Gasteiger partial charge in [-0.1, -0.05) is 18.5 Å². The van der Waals surface area contributed by atoms with Crippen LogP contribution in [-0.4, -0.2) is 5.91 Å². The first kappa shape index (κ1) is 10.4. The summed E-state index contributed by atoms with van der Waals surface area (Å²) in [6.45, 7) is 1.80. The van der Waals surface area contributed by atoms with Gasteiger partial charge >= 0.3 is 0 Å². The largest absolute Gasteiger partial charge is 0.326 e. The molecule has 0 radical (unpaired) electrons. The van der Waals surface area contributed by atoms with Crippen molar-refractivity contribution in [3.8, 4) is 0 Å². The van der Waals surface area contributed by atoms with Crippen molar-refractivity contribution in [1.29, 1.82) is 0 Å². The first-order valence-corrected chi connectivity index (χ1v) is 4.74. The number of hydrogen-bond acceptors (Lipinski definition) is 2. The van der Waals surface area contributed by atoms with Crippen molar-refractivity contribution in [2.24, 2.45) is 0 Å². The van der Waals surface area contributed by atoms with Gasteiger partial charge in [-0.15, -0.1) is 12.6 Å². The van der Waals surface area contributed by atoms with E-state index in [2.05, 4.69) is 17.9 Å². The molecule has 0 unspecified atom stereocenters. The Balaban J connectivity index is 2.79. The van der Waals surface area contributed by atoms with E-state index in [1.807, 2.05) is 0 Å². The minimum atomic E-state index is -0.0185. The fourth-order valence-corrected chi connectivity index (χ4v) is 1.17. The Morgan fingerprint density at radius 2 is 2.31 bits per heavy atom. The third kappa shape index (κ3) is 2.94. The van der Waals surface area contributed by atoms with E-state index in [0.29, 0.717) is 16.3 Å². The molecule has 1 aromatic rings. The predicted octanol–water partition coefficient (Wildman–Crippen LogP) is 2.98. The van der Waals surface area contributed by atoms with Crippen molar-refractivity contribution in [3.63, 3.8) is 0 Å². The van der Waals surface area contributed by atoms with Gasteiger partial charge < -0.3 is 5.32 Å². The fraction of sp³-hybridized carbons (Fsp3) is 0.222. The summed E-state index contributed by atoms with van der Waals surface area (Å²) in [4.78, 5) is 11.7. The molecule has 0 saturated carbocycles. The highest BCUT2D eigenvalue weighted by atomic mass is 35.5. The summed E-state index contributed by atoms with van der Waals surface area (Å²) in [6.07, 6.45) is 0.463. The number of rotatable bonds is 2. The minimum absolute atomic E-state index is 0.0185. The maximum Gasteiger partial charge on any atom is 0.224 e. The maximum absolute atomic E-state index is 11.0. The van der Waals surface area contributed by atoms with E-state index < -0.39 is 0 Å². The van der Waals surface area contributed by atoms with E-state index in [4.69, 9.17) is 11.6 Å². The number of halogens is 1. The minimum Gasteiger partial charge on any atom is -0.326 e. The number of thiol groups is 1. The van der Waals surface area contributed by atoms with Crippen LogP contribution in [0, 0.1) is 0 Å². The Kier molecular flexibility index (Phi) is 3.63. The van der Waals surface area contributed by atoms with E-state index in [9.17, 15) is 4.79 Å². The number of carbonyl (C=O) groups is 1. The van der Waals surface area contributed by atoms with Gasteiger partial charge in [0.15, 0.2) is 0 Å². The van der Waals surface area contributed by atoms with Crippen molar-refractivity contribution >= 4 is 35.8 Å². The topological polar surface area (TPSA) is 29.1 Å². The van der Waals surface area contributed by atoms with E-state index >= 15 is 0 Å². The van der Waals surface area contributed by atoms with Gasteiger partial charge in [0.2, 0.25) is 5.91 Å². The summed E-state index contributed by atoms with van der Waals surface area (Å²) in [5, 5.41) is 3.29. The molecule has 2 nitrogen and oxygen atoms in total. The highest BCUT2D eigenvalue weighted by Gasteiger charge is 2.00. The van der Waals surface area contributed by atoms with Crippen LogP contribution in [0.4, 0.5) is 5.69 Å². The molecule has 0 saturated heterocycles. The number of carbonyl (C=O) groups excluding carboxylic acids is 1.